The number of rotatable bonds is 4. The number of amides is 1. The van der Waals surface area contributed by atoms with Crippen molar-refractivity contribution >= 4 is 15.9 Å². The second-order valence-electron chi connectivity index (χ2n) is 7.29. The molecule has 1 unspecified atom stereocenters. The molecule has 1 atom stereocenters. The van der Waals surface area contributed by atoms with E-state index in [0.717, 1.165) is 5.56 Å². The Kier molecular flexibility index (Phi) is 4.43. The van der Waals surface area contributed by atoms with Gasteiger partial charge in [0.05, 0.1) is 28.3 Å². The van der Waals surface area contributed by atoms with Gasteiger partial charge in [0.15, 0.2) is 0 Å². The van der Waals surface area contributed by atoms with Crippen molar-refractivity contribution in [1.82, 2.24) is 14.2 Å². The Balaban J connectivity index is 1.68. The average Bonchev–Trinajstić information content (AvgIpc) is 2.90. The van der Waals surface area contributed by atoms with Gasteiger partial charge in [0.25, 0.3) is 5.91 Å². The maximum atomic E-state index is 13.2. The number of pyridine rings is 1. The van der Waals surface area contributed by atoms with Crippen LogP contribution in [-0.2, 0) is 15.6 Å². The van der Waals surface area contributed by atoms with Gasteiger partial charge in [-0.3, -0.25) is 9.78 Å². The van der Waals surface area contributed by atoms with Crippen LogP contribution in [-0.4, -0.2) is 54.8 Å². The third-order valence-corrected chi connectivity index (χ3v) is 7.46. The fourth-order valence-corrected chi connectivity index (χ4v) is 5.69. The van der Waals surface area contributed by atoms with E-state index in [0.29, 0.717) is 30.2 Å². The number of piperazine rings is 1. The molecule has 8 heteroatoms. The summed E-state index contributed by atoms with van der Waals surface area (Å²) >= 11 is 0. The highest BCUT2D eigenvalue weighted by Gasteiger charge is 2.52. The normalized spacial score (nSPS) is 22.1. The topological polar surface area (TPSA) is 79.8 Å². The highest BCUT2D eigenvalue weighted by atomic mass is 32.2. The molecular weight excluding hydrogens is 378 g/mol. The fourth-order valence-electron chi connectivity index (χ4n) is 4.17. The highest BCUT2D eigenvalue weighted by molar-refractivity contribution is 7.89. The van der Waals surface area contributed by atoms with Crippen LogP contribution >= 0.6 is 0 Å². The summed E-state index contributed by atoms with van der Waals surface area (Å²) in [6.45, 7) is 6.96. The van der Waals surface area contributed by atoms with E-state index in [-0.39, 0.29) is 23.9 Å². The van der Waals surface area contributed by atoms with Gasteiger partial charge in [-0.05, 0) is 56.7 Å². The molecule has 7 nitrogen and oxygen atoms in total. The lowest BCUT2D eigenvalue weighted by molar-refractivity contribution is 0.0376. The van der Waals surface area contributed by atoms with Crippen molar-refractivity contribution in [3.63, 3.8) is 0 Å². The van der Waals surface area contributed by atoms with Crippen molar-refractivity contribution in [1.29, 1.82) is 0 Å². The van der Waals surface area contributed by atoms with Gasteiger partial charge in [0.2, 0.25) is 10.0 Å². The molecule has 1 aromatic heterocycles. The van der Waals surface area contributed by atoms with E-state index < -0.39 is 15.6 Å². The number of nitrogens with zero attached hydrogens (tertiary/aromatic N) is 3. The molecule has 2 aliphatic heterocycles. The summed E-state index contributed by atoms with van der Waals surface area (Å²) in [6, 6.07) is 8.29. The fraction of sp³-hybridized carbons (Fsp3) is 0.400. The maximum absolute atomic E-state index is 13.2. The third-order valence-electron chi connectivity index (χ3n) is 5.61. The average molecular weight is 401 g/mol. The molecule has 0 spiro atoms. The van der Waals surface area contributed by atoms with E-state index in [1.165, 1.54) is 4.31 Å². The van der Waals surface area contributed by atoms with Gasteiger partial charge < -0.3 is 9.64 Å². The molecule has 28 heavy (non-hydrogen) atoms. The maximum Gasteiger partial charge on any atom is 0.256 e. The number of fused-ring (bicyclic) bond motifs is 3. The molecule has 0 N–H and O–H groups in total. The summed E-state index contributed by atoms with van der Waals surface area (Å²) in [5.41, 5.74) is 1.43. The third kappa shape index (κ3) is 2.70. The Bertz CT molecular complexity index is 1040. The molecule has 0 saturated carbocycles. The number of hydrogen-bond donors (Lipinski definition) is 0. The minimum absolute atomic E-state index is 0.0683. The molecule has 1 aromatic carbocycles. The molecule has 1 fully saturated rings. The van der Waals surface area contributed by atoms with Crippen molar-refractivity contribution in [2.24, 2.45) is 0 Å². The summed E-state index contributed by atoms with van der Waals surface area (Å²) in [5, 5.41) is 0. The molecule has 4 rings (SSSR count). The van der Waals surface area contributed by atoms with Crippen molar-refractivity contribution in [3.05, 3.63) is 53.3 Å². The Morgan fingerprint density at radius 2 is 1.89 bits per heavy atom. The van der Waals surface area contributed by atoms with Crippen LogP contribution in [0.4, 0.5) is 0 Å². The SMILES string of the molecule is CCOc1ccc(S(=O)(=O)N2CCN3C(=O)c4c(ccnc4C)C3(C)C2)cc1. The smallest absolute Gasteiger partial charge is 0.256 e. The lowest BCUT2D eigenvalue weighted by Gasteiger charge is -2.44. The minimum atomic E-state index is -3.68. The van der Waals surface area contributed by atoms with Crippen LogP contribution < -0.4 is 4.74 Å². The number of sulfonamides is 1. The van der Waals surface area contributed by atoms with Crippen LogP contribution in [0, 0.1) is 6.92 Å². The molecule has 0 aliphatic carbocycles. The van der Waals surface area contributed by atoms with Gasteiger partial charge in [-0.1, -0.05) is 0 Å². The van der Waals surface area contributed by atoms with E-state index in [4.69, 9.17) is 4.74 Å². The summed E-state index contributed by atoms with van der Waals surface area (Å²) in [4.78, 5) is 19.1. The van der Waals surface area contributed by atoms with Crippen LogP contribution in [0.3, 0.4) is 0 Å². The number of aryl methyl sites for hydroxylation is 1. The van der Waals surface area contributed by atoms with E-state index >= 15 is 0 Å². The first-order valence-electron chi connectivity index (χ1n) is 9.30. The zero-order valence-corrected chi connectivity index (χ0v) is 17.0. The largest absolute Gasteiger partial charge is 0.494 e. The number of hydrogen-bond acceptors (Lipinski definition) is 5. The number of carbonyl (C=O) groups excluding carboxylic acids is 1. The van der Waals surface area contributed by atoms with Gasteiger partial charge >= 0.3 is 0 Å². The highest BCUT2D eigenvalue weighted by Crippen LogP contribution is 2.43. The second-order valence-corrected chi connectivity index (χ2v) is 9.23. The van der Waals surface area contributed by atoms with E-state index in [1.807, 2.05) is 26.8 Å². The van der Waals surface area contributed by atoms with Crippen LogP contribution in [0.1, 0.15) is 35.5 Å². The van der Waals surface area contributed by atoms with Crippen LogP contribution in [0.2, 0.25) is 0 Å². The van der Waals surface area contributed by atoms with Crippen molar-refractivity contribution in [3.8, 4) is 5.75 Å². The zero-order chi connectivity index (χ0) is 20.1. The Morgan fingerprint density at radius 1 is 1.18 bits per heavy atom. The summed E-state index contributed by atoms with van der Waals surface area (Å²) in [6.07, 6.45) is 1.68. The lowest BCUT2D eigenvalue weighted by atomic mass is 9.90. The zero-order valence-electron chi connectivity index (χ0n) is 16.2. The first kappa shape index (κ1) is 18.9. The lowest BCUT2D eigenvalue weighted by Crippen LogP contribution is -2.58. The molecule has 0 bridgehead atoms. The second kappa shape index (κ2) is 6.56. The first-order valence-corrected chi connectivity index (χ1v) is 10.7. The predicted octanol–water partition coefficient (Wildman–Crippen LogP) is 2.16. The van der Waals surface area contributed by atoms with Gasteiger partial charge in [0, 0.05) is 25.8 Å². The van der Waals surface area contributed by atoms with Gasteiger partial charge in [-0.2, -0.15) is 4.31 Å². The van der Waals surface area contributed by atoms with E-state index in [9.17, 15) is 13.2 Å². The van der Waals surface area contributed by atoms with Crippen molar-refractivity contribution in [2.45, 2.75) is 31.2 Å². The summed E-state index contributed by atoms with van der Waals surface area (Å²) in [5.74, 6) is 0.567. The molecule has 0 radical (unpaired) electrons. The molecule has 3 heterocycles. The number of ether oxygens (including phenoxy) is 1. The first-order chi connectivity index (χ1) is 13.3. The van der Waals surface area contributed by atoms with Gasteiger partial charge in [-0.15, -0.1) is 0 Å². The molecule has 1 amide bonds. The summed E-state index contributed by atoms with van der Waals surface area (Å²) in [7, 11) is -3.68. The van der Waals surface area contributed by atoms with Crippen molar-refractivity contribution < 1.29 is 17.9 Å². The molecule has 1 saturated heterocycles. The number of benzene rings is 1. The predicted molar refractivity (Wildman–Crippen MR) is 104 cm³/mol. The standard InChI is InChI=1S/C20H23N3O4S/c1-4-27-15-5-7-16(8-6-15)28(25,26)22-11-12-23-19(24)18-14(2)21-10-9-17(18)20(23,3)13-22/h5-10H,4,11-13H2,1-3H3. The minimum Gasteiger partial charge on any atom is -0.494 e. The van der Waals surface area contributed by atoms with Crippen molar-refractivity contribution in [2.75, 3.05) is 26.2 Å². The van der Waals surface area contributed by atoms with Crippen LogP contribution in [0.15, 0.2) is 41.4 Å². The molecule has 2 aliphatic rings. The van der Waals surface area contributed by atoms with Gasteiger partial charge in [0.1, 0.15) is 5.75 Å². The van der Waals surface area contributed by atoms with E-state index in [1.54, 1.807) is 35.4 Å². The molecule has 2 aromatic rings. The Labute approximate surface area is 165 Å². The number of aromatic nitrogens is 1. The van der Waals surface area contributed by atoms with Gasteiger partial charge in [-0.25, -0.2) is 8.42 Å². The van der Waals surface area contributed by atoms with Crippen LogP contribution in [0.25, 0.3) is 0 Å². The Morgan fingerprint density at radius 3 is 2.57 bits per heavy atom. The Hall–Kier alpha value is -2.45. The van der Waals surface area contributed by atoms with Crippen LogP contribution in [0.5, 0.6) is 5.75 Å². The number of carbonyl (C=O) groups is 1. The molecule has 148 valence electrons. The monoisotopic (exact) mass is 401 g/mol. The quantitative estimate of drug-likeness (QED) is 0.784. The molecular formula is C20H23N3O4S. The van der Waals surface area contributed by atoms with E-state index in [2.05, 4.69) is 4.98 Å². The summed E-state index contributed by atoms with van der Waals surface area (Å²) < 4.78 is 33.3.